The molecule has 106 valence electrons. The number of nitrogens with one attached hydrogen (secondary N) is 1. The summed E-state index contributed by atoms with van der Waals surface area (Å²) in [6.45, 7) is 2.95. The molecule has 1 aromatic rings. The molecule has 0 aliphatic carbocycles. The fourth-order valence-electron chi connectivity index (χ4n) is 2.19. The van der Waals surface area contributed by atoms with Gasteiger partial charge in [0.05, 0.1) is 11.4 Å². The van der Waals surface area contributed by atoms with Crippen molar-refractivity contribution in [3.8, 4) is 0 Å². The number of nitrogens with two attached hydrogens (primary N) is 1. The molecule has 1 aromatic carbocycles. The van der Waals surface area contributed by atoms with Gasteiger partial charge in [-0.15, -0.1) is 0 Å². The highest BCUT2D eigenvalue weighted by molar-refractivity contribution is 7.88. The molecule has 19 heavy (non-hydrogen) atoms. The molecule has 5 nitrogen and oxygen atoms in total. The van der Waals surface area contributed by atoms with Crippen LogP contribution in [0.25, 0.3) is 0 Å². The molecule has 1 heterocycles. The van der Waals surface area contributed by atoms with Crippen LogP contribution in [-0.2, 0) is 20.5 Å². The average molecular weight is 284 g/mol. The summed E-state index contributed by atoms with van der Waals surface area (Å²) in [5.74, 6) is -0.0614. The Hall–Kier alpha value is -1.11. The van der Waals surface area contributed by atoms with Crippen molar-refractivity contribution in [2.45, 2.75) is 31.1 Å². The average Bonchev–Trinajstić information content (AvgIpc) is 2.74. The van der Waals surface area contributed by atoms with E-state index in [2.05, 4.69) is 4.72 Å². The van der Waals surface area contributed by atoms with Crippen molar-refractivity contribution < 1.29 is 13.2 Å². The van der Waals surface area contributed by atoms with Crippen LogP contribution < -0.4 is 10.5 Å². The predicted octanol–water partition coefficient (Wildman–Crippen LogP) is 1.26. The van der Waals surface area contributed by atoms with E-state index in [1.54, 1.807) is 24.3 Å². The highest BCUT2D eigenvalue weighted by atomic mass is 32.2. The van der Waals surface area contributed by atoms with Crippen LogP contribution in [0.2, 0.25) is 0 Å². The Balaban J connectivity index is 1.95. The molecule has 0 aromatic heterocycles. The van der Waals surface area contributed by atoms with E-state index in [0.29, 0.717) is 24.4 Å². The lowest BCUT2D eigenvalue weighted by Gasteiger charge is -2.23. The normalized spacial score (nSPS) is 23.6. The van der Waals surface area contributed by atoms with Gasteiger partial charge >= 0.3 is 0 Å². The van der Waals surface area contributed by atoms with Gasteiger partial charge in [0.1, 0.15) is 0 Å². The van der Waals surface area contributed by atoms with Gasteiger partial charge in [0.15, 0.2) is 0 Å². The molecule has 1 atom stereocenters. The fourth-order valence-corrected chi connectivity index (χ4v) is 3.44. The van der Waals surface area contributed by atoms with Crippen LogP contribution >= 0.6 is 0 Å². The summed E-state index contributed by atoms with van der Waals surface area (Å²) in [5.41, 5.74) is 6.52. The topological polar surface area (TPSA) is 81.4 Å². The molecular weight excluding hydrogens is 264 g/mol. The molecule has 1 aliphatic heterocycles. The third-order valence-corrected chi connectivity index (χ3v) is 4.57. The van der Waals surface area contributed by atoms with Crippen LogP contribution in [0.1, 0.15) is 25.3 Å². The summed E-state index contributed by atoms with van der Waals surface area (Å²) in [7, 11) is -3.36. The molecule has 0 amide bonds. The van der Waals surface area contributed by atoms with Crippen LogP contribution in [-0.4, -0.2) is 27.2 Å². The molecule has 0 radical (unpaired) electrons. The summed E-state index contributed by atoms with van der Waals surface area (Å²) in [6.07, 6.45) is 1.86. The van der Waals surface area contributed by atoms with E-state index in [-0.39, 0.29) is 11.4 Å². The first-order valence-electron chi connectivity index (χ1n) is 6.34. The van der Waals surface area contributed by atoms with Crippen LogP contribution in [0.4, 0.5) is 5.69 Å². The minimum atomic E-state index is -3.36. The molecule has 0 bridgehead atoms. The Morgan fingerprint density at radius 1 is 1.47 bits per heavy atom. The van der Waals surface area contributed by atoms with E-state index >= 15 is 0 Å². The summed E-state index contributed by atoms with van der Waals surface area (Å²) in [5, 5.41) is 0. The zero-order valence-electron chi connectivity index (χ0n) is 11.1. The number of benzene rings is 1. The first-order valence-corrected chi connectivity index (χ1v) is 8.00. The van der Waals surface area contributed by atoms with Gasteiger partial charge in [0, 0.05) is 18.8 Å². The Morgan fingerprint density at radius 2 is 2.26 bits per heavy atom. The van der Waals surface area contributed by atoms with Gasteiger partial charge in [-0.25, -0.2) is 13.1 Å². The molecule has 3 N–H and O–H groups in total. The van der Waals surface area contributed by atoms with Crippen molar-refractivity contribution in [3.63, 3.8) is 0 Å². The third kappa shape index (κ3) is 4.19. The van der Waals surface area contributed by atoms with E-state index in [1.807, 2.05) is 6.92 Å². The first-order chi connectivity index (χ1) is 8.89. The van der Waals surface area contributed by atoms with Gasteiger partial charge in [0.25, 0.3) is 0 Å². The lowest BCUT2D eigenvalue weighted by molar-refractivity contribution is 0.0250. The Kier molecular flexibility index (Phi) is 4.13. The number of anilines is 1. The SMILES string of the molecule is CC1(CNS(=O)(=O)Cc2cccc(N)c2)CCCO1. The molecule has 0 spiro atoms. The quantitative estimate of drug-likeness (QED) is 0.798. The monoisotopic (exact) mass is 284 g/mol. The van der Waals surface area contributed by atoms with E-state index in [1.165, 1.54) is 0 Å². The molecule has 1 aliphatic rings. The maximum Gasteiger partial charge on any atom is 0.215 e. The third-order valence-electron chi connectivity index (χ3n) is 3.27. The summed E-state index contributed by atoms with van der Waals surface area (Å²) in [6, 6.07) is 6.91. The van der Waals surface area contributed by atoms with Crippen LogP contribution in [0.5, 0.6) is 0 Å². The Labute approximate surface area is 114 Å². The van der Waals surface area contributed by atoms with Gasteiger partial charge < -0.3 is 10.5 Å². The standard InChI is InChI=1S/C13H20N2O3S/c1-13(6-3-7-18-13)10-15-19(16,17)9-11-4-2-5-12(14)8-11/h2,4-5,8,15H,3,6-7,9-10,14H2,1H3. The summed E-state index contributed by atoms with van der Waals surface area (Å²) < 4.78 is 32.2. The number of ether oxygens (including phenoxy) is 1. The Morgan fingerprint density at radius 3 is 2.89 bits per heavy atom. The van der Waals surface area contributed by atoms with Crippen LogP contribution in [0, 0.1) is 0 Å². The Bertz CT molecular complexity index is 537. The zero-order chi connectivity index (χ0) is 13.9. The largest absolute Gasteiger partial charge is 0.399 e. The number of rotatable bonds is 5. The predicted molar refractivity (Wildman–Crippen MR) is 75.1 cm³/mol. The van der Waals surface area contributed by atoms with Gasteiger partial charge in [-0.05, 0) is 37.5 Å². The molecule has 6 heteroatoms. The number of nitrogen functional groups attached to an aromatic ring is 1. The molecule has 2 rings (SSSR count). The van der Waals surface area contributed by atoms with Gasteiger partial charge in [-0.1, -0.05) is 12.1 Å². The zero-order valence-corrected chi connectivity index (χ0v) is 11.9. The molecule has 1 saturated heterocycles. The minimum absolute atomic E-state index is 0.0614. The number of hydrogen-bond acceptors (Lipinski definition) is 4. The molecule has 1 unspecified atom stereocenters. The smallest absolute Gasteiger partial charge is 0.215 e. The number of sulfonamides is 1. The van der Waals surface area contributed by atoms with Crippen molar-refractivity contribution in [2.75, 3.05) is 18.9 Å². The van der Waals surface area contributed by atoms with Gasteiger partial charge in [0.2, 0.25) is 10.0 Å². The van der Waals surface area contributed by atoms with E-state index in [4.69, 9.17) is 10.5 Å². The maximum absolute atomic E-state index is 12.0. The van der Waals surface area contributed by atoms with E-state index in [9.17, 15) is 8.42 Å². The highest BCUT2D eigenvalue weighted by Gasteiger charge is 2.31. The van der Waals surface area contributed by atoms with Crippen molar-refractivity contribution in [1.82, 2.24) is 4.72 Å². The maximum atomic E-state index is 12.0. The molecular formula is C13H20N2O3S. The van der Waals surface area contributed by atoms with Gasteiger partial charge in [-0.2, -0.15) is 0 Å². The second-order valence-electron chi connectivity index (χ2n) is 5.23. The van der Waals surface area contributed by atoms with Crippen molar-refractivity contribution in [1.29, 1.82) is 0 Å². The lowest BCUT2D eigenvalue weighted by atomic mass is 10.0. The molecule has 1 fully saturated rings. The second kappa shape index (κ2) is 5.48. The van der Waals surface area contributed by atoms with Crippen molar-refractivity contribution >= 4 is 15.7 Å². The van der Waals surface area contributed by atoms with Crippen molar-refractivity contribution in [2.24, 2.45) is 0 Å². The van der Waals surface area contributed by atoms with Crippen molar-refractivity contribution in [3.05, 3.63) is 29.8 Å². The molecule has 0 saturated carbocycles. The van der Waals surface area contributed by atoms with Crippen LogP contribution in [0.15, 0.2) is 24.3 Å². The highest BCUT2D eigenvalue weighted by Crippen LogP contribution is 2.24. The summed E-state index contributed by atoms with van der Waals surface area (Å²) in [4.78, 5) is 0. The van der Waals surface area contributed by atoms with E-state index in [0.717, 1.165) is 12.8 Å². The second-order valence-corrected chi connectivity index (χ2v) is 7.03. The fraction of sp³-hybridized carbons (Fsp3) is 0.538. The lowest BCUT2D eigenvalue weighted by Crippen LogP contribution is -2.40. The van der Waals surface area contributed by atoms with E-state index < -0.39 is 10.0 Å². The van der Waals surface area contributed by atoms with Crippen LogP contribution in [0.3, 0.4) is 0 Å². The number of hydrogen-bond donors (Lipinski definition) is 2. The summed E-state index contributed by atoms with van der Waals surface area (Å²) >= 11 is 0. The minimum Gasteiger partial charge on any atom is -0.399 e. The first kappa shape index (κ1) is 14.3. The van der Waals surface area contributed by atoms with Gasteiger partial charge in [-0.3, -0.25) is 0 Å².